The van der Waals surface area contributed by atoms with Gasteiger partial charge in [-0.1, -0.05) is 85.3 Å². The molecule has 0 aromatic heterocycles. The first-order chi connectivity index (χ1) is 28.6. The minimum atomic E-state index is -4.01. The molecule has 6 rings (SSSR count). The van der Waals surface area contributed by atoms with E-state index in [1.165, 1.54) is 4.31 Å². The van der Waals surface area contributed by atoms with Crippen LogP contribution in [0, 0.1) is 12.8 Å². The zero-order chi connectivity index (χ0) is 41.6. The van der Waals surface area contributed by atoms with Gasteiger partial charge in [-0.2, -0.15) is 4.31 Å². The van der Waals surface area contributed by atoms with Gasteiger partial charge in [-0.25, -0.2) is 13.2 Å². The second-order valence-corrected chi connectivity index (χ2v) is 17.4. The maximum atomic E-state index is 14.5. The molecule has 1 N–H and O–H groups in total. The number of benzene rings is 4. The van der Waals surface area contributed by atoms with Crippen molar-refractivity contribution in [2.45, 2.75) is 69.5 Å². The van der Waals surface area contributed by atoms with Crippen LogP contribution in [0.15, 0.2) is 102 Å². The summed E-state index contributed by atoms with van der Waals surface area (Å²) >= 11 is 0. The van der Waals surface area contributed by atoms with E-state index in [9.17, 15) is 13.2 Å². The summed E-state index contributed by atoms with van der Waals surface area (Å²) in [7, 11) is -0.609. The average molecular weight is 830 g/mol. The molecule has 4 aromatic carbocycles. The number of hydrogen-bond acceptors (Lipinski definition) is 10. The van der Waals surface area contributed by atoms with Crippen molar-refractivity contribution in [2.24, 2.45) is 5.92 Å². The fourth-order valence-corrected chi connectivity index (χ4v) is 9.30. The Labute approximate surface area is 349 Å². The minimum Gasteiger partial charge on any atom is -0.490 e. The van der Waals surface area contributed by atoms with Crippen LogP contribution in [0.25, 0.3) is 0 Å². The number of amides is 1. The van der Waals surface area contributed by atoms with Gasteiger partial charge in [-0.3, -0.25) is 0 Å². The van der Waals surface area contributed by atoms with Gasteiger partial charge in [0.1, 0.15) is 19.0 Å². The Hall–Kier alpha value is -4.50. The van der Waals surface area contributed by atoms with Crippen LogP contribution < -0.4 is 15.0 Å². The van der Waals surface area contributed by atoms with Gasteiger partial charge in [0.25, 0.3) is 0 Å². The third-order valence-corrected chi connectivity index (χ3v) is 12.8. The fraction of sp³-hybridized carbons (Fsp3) is 0.457. The predicted molar refractivity (Wildman–Crippen MR) is 227 cm³/mol. The van der Waals surface area contributed by atoms with Crippen molar-refractivity contribution in [1.29, 1.82) is 0 Å². The van der Waals surface area contributed by atoms with E-state index in [1.54, 1.807) is 38.5 Å². The van der Waals surface area contributed by atoms with Crippen LogP contribution in [-0.4, -0.2) is 97.8 Å². The highest BCUT2D eigenvalue weighted by Crippen LogP contribution is 2.38. The summed E-state index contributed by atoms with van der Waals surface area (Å²) in [6.45, 7) is 9.08. The van der Waals surface area contributed by atoms with E-state index < -0.39 is 28.3 Å². The first-order valence-corrected chi connectivity index (χ1v) is 21.9. The van der Waals surface area contributed by atoms with Crippen molar-refractivity contribution in [3.8, 4) is 5.75 Å². The molecule has 0 aliphatic carbocycles. The Morgan fingerprint density at radius 3 is 2.37 bits per heavy atom. The maximum absolute atomic E-state index is 14.5. The van der Waals surface area contributed by atoms with E-state index in [0.717, 1.165) is 58.8 Å². The van der Waals surface area contributed by atoms with Crippen LogP contribution in [-0.2, 0) is 53.5 Å². The molecule has 0 saturated carbocycles. The quantitative estimate of drug-likeness (QED) is 0.0924. The van der Waals surface area contributed by atoms with Gasteiger partial charge in [0.05, 0.1) is 49.7 Å². The number of fused-ring (bicyclic) bond motifs is 1. The van der Waals surface area contributed by atoms with E-state index in [1.807, 2.05) is 49.4 Å². The van der Waals surface area contributed by atoms with Crippen LogP contribution in [0.5, 0.6) is 5.75 Å². The highest BCUT2D eigenvalue weighted by molar-refractivity contribution is 7.89. The summed E-state index contributed by atoms with van der Waals surface area (Å²) < 4.78 is 65.4. The molecule has 318 valence electrons. The number of hydrogen-bond donors (Lipinski definition) is 1. The molecule has 13 heteroatoms. The number of alkyl carbamates (subject to hydrolysis) is 1. The normalized spacial score (nSPS) is 18.8. The number of ether oxygens (including phenoxy) is 6. The van der Waals surface area contributed by atoms with E-state index >= 15 is 0 Å². The van der Waals surface area contributed by atoms with E-state index in [0.29, 0.717) is 39.5 Å². The van der Waals surface area contributed by atoms with Crippen LogP contribution in [0.3, 0.4) is 0 Å². The number of anilines is 1. The minimum absolute atomic E-state index is 0.0528. The Morgan fingerprint density at radius 2 is 1.63 bits per heavy atom. The molecule has 0 spiro atoms. The highest BCUT2D eigenvalue weighted by Gasteiger charge is 2.43. The maximum Gasteiger partial charge on any atom is 0.407 e. The predicted octanol–water partition coefficient (Wildman–Crippen LogP) is 7.09. The Bertz CT molecular complexity index is 2020. The SMILES string of the molecule is COCCCN1CCOc2ccc(CO[C@H]3CN(S(=O)(=O)c4ccc(C)cc4)[C@@H](CNC(=O)OCc4ccccc4)C[C@@H]3c3ccc(COC[C@@H](C)COC)cc3)cc21. The summed E-state index contributed by atoms with van der Waals surface area (Å²) in [6, 6.07) is 30.1. The number of piperidine rings is 1. The smallest absolute Gasteiger partial charge is 0.407 e. The Morgan fingerprint density at radius 1 is 0.881 bits per heavy atom. The van der Waals surface area contributed by atoms with Crippen LogP contribution in [0.2, 0.25) is 0 Å². The number of nitrogens with zero attached hydrogens (tertiary/aromatic N) is 2. The lowest BCUT2D eigenvalue weighted by atomic mass is 9.83. The monoisotopic (exact) mass is 829 g/mol. The standard InChI is InChI=1S/C46H59N3O9S/c1-34-11-18-41(19-12-34)59(51,52)49-28-45(57-33-38-15-20-44-43(25-38)48(22-24-56-44)21-8-23-53-3)42(39-16-13-37(14-17-39)31-55-30-35(2)29-54-4)26-40(49)27-47-46(50)58-32-36-9-6-5-7-10-36/h5-7,9-20,25,35,40,42,45H,8,21-24,26-33H2,1-4H3,(H,47,50)/t35-,40+,42+,45-/m0/s1. The second kappa shape index (κ2) is 21.7. The third kappa shape index (κ3) is 12.3. The van der Waals surface area contributed by atoms with E-state index in [2.05, 4.69) is 47.5 Å². The molecule has 0 radical (unpaired) electrons. The Kier molecular flexibility index (Phi) is 16.2. The molecule has 0 bridgehead atoms. The first kappa shape index (κ1) is 44.1. The van der Waals surface area contributed by atoms with Crippen molar-refractivity contribution in [2.75, 3.05) is 71.7 Å². The van der Waals surface area contributed by atoms with Gasteiger partial charge in [-0.05, 0) is 66.3 Å². The van der Waals surface area contributed by atoms with Crippen molar-refractivity contribution >= 4 is 21.8 Å². The molecule has 1 amide bonds. The zero-order valence-electron chi connectivity index (χ0n) is 34.7. The molecule has 59 heavy (non-hydrogen) atoms. The number of carbonyl (C=O) groups excluding carboxylic acids is 1. The zero-order valence-corrected chi connectivity index (χ0v) is 35.5. The van der Waals surface area contributed by atoms with Gasteiger partial charge in [0, 0.05) is 58.3 Å². The van der Waals surface area contributed by atoms with Crippen molar-refractivity contribution < 1.29 is 41.6 Å². The van der Waals surface area contributed by atoms with Gasteiger partial charge in [0.2, 0.25) is 10.0 Å². The van der Waals surface area contributed by atoms with Gasteiger partial charge < -0.3 is 38.6 Å². The topological polar surface area (TPSA) is 125 Å². The lowest BCUT2D eigenvalue weighted by Crippen LogP contribution is -2.55. The molecule has 2 aliphatic rings. The summed E-state index contributed by atoms with van der Waals surface area (Å²) in [5.41, 5.74) is 5.82. The number of methoxy groups -OCH3 is 2. The highest BCUT2D eigenvalue weighted by atomic mass is 32.2. The molecule has 4 atom stereocenters. The van der Waals surface area contributed by atoms with Crippen molar-refractivity contribution in [3.63, 3.8) is 0 Å². The molecule has 0 unspecified atom stereocenters. The molecule has 2 aliphatic heterocycles. The van der Waals surface area contributed by atoms with E-state index in [-0.39, 0.29) is 43.0 Å². The molecule has 2 heterocycles. The van der Waals surface area contributed by atoms with Crippen molar-refractivity contribution in [3.05, 3.63) is 125 Å². The van der Waals surface area contributed by atoms with Crippen molar-refractivity contribution in [1.82, 2.24) is 9.62 Å². The number of aryl methyl sites for hydroxylation is 1. The molecule has 12 nitrogen and oxygen atoms in total. The fourth-order valence-electron chi connectivity index (χ4n) is 7.65. The molecular formula is C46H59N3O9S. The lowest BCUT2D eigenvalue weighted by Gasteiger charge is -2.43. The largest absolute Gasteiger partial charge is 0.490 e. The van der Waals surface area contributed by atoms with Gasteiger partial charge in [0.15, 0.2) is 0 Å². The molecule has 1 fully saturated rings. The second-order valence-electron chi connectivity index (χ2n) is 15.5. The molecule has 1 saturated heterocycles. The first-order valence-electron chi connectivity index (χ1n) is 20.4. The number of carbonyl (C=O) groups is 1. The van der Waals surface area contributed by atoms with Crippen LogP contribution in [0.1, 0.15) is 53.5 Å². The molecular weight excluding hydrogens is 771 g/mol. The van der Waals surface area contributed by atoms with Gasteiger partial charge >= 0.3 is 6.09 Å². The third-order valence-electron chi connectivity index (χ3n) is 10.8. The summed E-state index contributed by atoms with van der Waals surface area (Å²) in [5, 5.41) is 2.87. The van der Waals surface area contributed by atoms with Crippen LogP contribution in [0.4, 0.5) is 10.5 Å². The summed E-state index contributed by atoms with van der Waals surface area (Å²) in [5.74, 6) is 0.911. The number of rotatable bonds is 20. The average Bonchev–Trinajstić information content (AvgIpc) is 3.25. The number of sulfonamides is 1. The van der Waals surface area contributed by atoms with Crippen LogP contribution >= 0.6 is 0 Å². The Balaban J connectivity index is 1.26. The summed E-state index contributed by atoms with van der Waals surface area (Å²) in [6.07, 6.45) is 0.154. The molecule has 4 aromatic rings. The van der Waals surface area contributed by atoms with E-state index in [4.69, 9.17) is 28.4 Å². The number of nitrogens with one attached hydrogen (secondary N) is 1. The summed E-state index contributed by atoms with van der Waals surface area (Å²) in [4.78, 5) is 15.5. The van der Waals surface area contributed by atoms with Gasteiger partial charge in [-0.15, -0.1) is 0 Å². The lowest BCUT2D eigenvalue weighted by molar-refractivity contribution is -0.0196.